The Balaban J connectivity index is 2.22. The van der Waals surface area contributed by atoms with Crippen LogP contribution in [0, 0.1) is 22.4 Å². The van der Waals surface area contributed by atoms with E-state index in [1.54, 1.807) is 6.07 Å². The van der Waals surface area contributed by atoms with E-state index < -0.39 is 4.92 Å². The third-order valence-corrected chi connectivity index (χ3v) is 6.98. The number of nitrogens with zero attached hydrogens (tertiary/aromatic N) is 1. The van der Waals surface area contributed by atoms with Gasteiger partial charge in [-0.1, -0.05) is 103 Å². The SMILES string of the molecule is C=c1cccc/c1=C/C(=N)C/C=C(\C=C(/N)c1cc([N+](=O)[O-])ccc1C)c1cc(C(C)(C)C)cc(C(C)(C)C)c1. The molecular formula is C35H41N3O2. The molecule has 0 radical (unpaired) electrons. The van der Waals surface area contributed by atoms with E-state index in [-0.39, 0.29) is 16.5 Å². The molecule has 5 nitrogen and oxygen atoms in total. The normalized spacial score (nSPS) is 13.4. The molecule has 0 amide bonds. The van der Waals surface area contributed by atoms with E-state index in [9.17, 15) is 10.1 Å². The van der Waals surface area contributed by atoms with E-state index >= 15 is 0 Å². The van der Waals surface area contributed by atoms with Crippen molar-refractivity contribution < 1.29 is 4.92 Å². The summed E-state index contributed by atoms with van der Waals surface area (Å²) in [6.45, 7) is 19.1. The number of rotatable bonds is 7. The van der Waals surface area contributed by atoms with Crippen LogP contribution in [0.2, 0.25) is 0 Å². The lowest BCUT2D eigenvalue weighted by molar-refractivity contribution is -0.384. The number of non-ortho nitro benzene ring substituents is 1. The van der Waals surface area contributed by atoms with Gasteiger partial charge in [-0.2, -0.15) is 0 Å². The topological polar surface area (TPSA) is 93.0 Å². The number of aryl methyl sites for hydroxylation is 1. The molecular weight excluding hydrogens is 494 g/mol. The number of nitrogens with two attached hydrogens (primary N) is 1. The largest absolute Gasteiger partial charge is 0.398 e. The van der Waals surface area contributed by atoms with Crippen molar-refractivity contribution in [2.24, 2.45) is 5.73 Å². The summed E-state index contributed by atoms with van der Waals surface area (Å²) in [6.07, 6.45) is 6.10. The highest BCUT2D eigenvalue weighted by molar-refractivity contribution is 6.09. The lowest BCUT2D eigenvalue weighted by atomic mass is 9.78. The van der Waals surface area contributed by atoms with Gasteiger partial charge in [-0.15, -0.1) is 0 Å². The first-order valence-corrected chi connectivity index (χ1v) is 13.5. The highest BCUT2D eigenvalue weighted by Gasteiger charge is 2.21. The lowest BCUT2D eigenvalue weighted by Gasteiger charge is -2.26. The zero-order valence-corrected chi connectivity index (χ0v) is 24.8. The molecule has 0 aliphatic carbocycles. The number of nitrogens with one attached hydrogen (secondary N) is 1. The van der Waals surface area contributed by atoms with Crippen LogP contribution in [0.5, 0.6) is 0 Å². The molecule has 0 spiro atoms. The first-order chi connectivity index (χ1) is 18.6. The summed E-state index contributed by atoms with van der Waals surface area (Å²) >= 11 is 0. The zero-order chi connectivity index (χ0) is 29.8. The molecule has 3 aromatic rings. The highest BCUT2D eigenvalue weighted by atomic mass is 16.6. The van der Waals surface area contributed by atoms with Gasteiger partial charge in [-0.25, -0.2) is 0 Å². The summed E-state index contributed by atoms with van der Waals surface area (Å²) < 4.78 is 0. The fourth-order valence-corrected chi connectivity index (χ4v) is 4.34. The van der Waals surface area contributed by atoms with Crippen LogP contribution in [0.4, 0.5) is 5.69 Å². The molecule has 0 atom stereocenters. The average molecular weight is 536 g/mol. The van der Waals surface area contributed by atoms with Crippen LogP contribution in [-0.4, -0.2) is 10.6 Å². The Bertz CT molecular complexity index is 1580. The maximum atomic E-state index is 11.4. The third-order valence-electron chi connectivity index (χ3n) is 6.98. The molecule has 40 heavy (non-hydrogen) atoms. The number of hydrogen-bond acceptors (Lipinski definition) is 4. The van der Waals surface area contributed by atoms with Crippen LogP contribution in [-0.2, 0) is 10.8 Å². The van der Waals surface area contributed by atoms with E-state index in [1.807, 2.05) is 49.4 Å². The van der Waals surface area contributed by atoms with Gasteiger partial charge in [0.05, 0.1) is 4.92 Å². The second-order valence-electron chi connectivity index (χ2n) is 12.4. The van der Waals surface area contributed by atoms with Gasteiger partial charge in [-0.3, -0.25) is 10.1 Å². The smallest absolute Gasteiger partial charge is 0.270 e. The van der Waals surface area contributed by atoms with E-state index in [1.165, 1.54) is 23.3 Å². The molecule has 0 unspecified atom stereocenters. The minimum absolute atomic E-state index is 0.00422. The minimum Gasteiger partial charge on any atom is -0.398 e. The summed E-state index contributed by atoms with van der Waals surface area (Å²) in [6, 6.07) is 19.1. The first kappa shape index (κ1) is 30.3. The number of hydrogen-bond donors (Lipinski definition) is 2. The van der Waals surface area contributed by atoms with Crippen molar-refractivity contribution in [2.75, 3.05) is 0 Å². The van der Waals surface area contributed by atoms with Gasteiger partial charge in [0.2, 0.25) is 0 Å². The van der Waals surface area contributed by atoms with Gasteiger partial charge < -0.3 is 11.1 Å². The number of benzene rings is 3. The fourth-order valence-electron chi connectivity index (χ4n) is 4.34. The average Bonchev–Trinajstić information content (AvgIpc) is 2.86. The maximum Gasteiger partial charge on any atom is 0.270 e. The van der Waals surface area contributed by atoms with Crippen LogP contribution in [0.15, 0.2) is 72.8 Å². The predicted molar refractivity (Wildman–Crippen MR) is 170 cm³/mol. The van der Waals surface area contributed by atoms with Crippen LogP contribution >= 0.6 is 0 Å². The standard InChI is InChI=1S/C35H41N3O2/c1-23-11-9-10-12-25(23)19-30(36)15-14-26(20-33(37)32-22-31(38(39)40)16-13-24(32)2)27-17-28(34(3,4)5)21-29(18-27)35(6,7)8/h9-14,16-22,36H,1,15,37H2,2-8H3/b25-19-,26-14+,33-20-,36-30?. The van der Waals surface area contributed by atoms with Crippen LogP contribution in [0.3, 0.4) is 0 Å². The molecule has 0 aromatic heterocycles. The Labute approximate surface area is 238 Å². The van der Waals surface area contributed by atoms with Gasteiger partial charge in [0.25, 0.3) is 5.69 Å². The second-order valence-corrected chi connectivity index (χ2v) is 12.4. The Morgan fingerprint density at radius 3 is 2.12 bits per heavy atom. The molecule has 3 rings (SSSR count). The Hall–Kier alpha value is -4.25. The molecule has 0 saturated carbocycles. The molecule has 0 aliphatic rings. The zero-order valence-electron chi connectivity index (χ0n) is 24.8. The molecule has 0 saturated heterocycles. The van der Waals surface area contributed by atoms with Crippen molar-refractivity contribution in [1.82, 2.24) is 0 Å². The molecule has 5 heteroatoms. The predicted octanol–water partition coefficient (Wildman–Crippen LogP) is 7.18. The molecule has 3 aromatic carbocycles. The maximum absolute atomic E-state index is 11.4. The minimum atomic E-state index is -0.410. The molecule has 3 N–H and O–H groups in total. The van der Waals surface area contributed by atoms with Crippen molar-refractivity contribution in [1.29, 1.82) is 5.41 Å². The van der Waals surface area contributed by atoms with Crippen molar-refractivity contribution in [2.45, 2.75) is 65.7 Å². The number of nitro groups is 1. The molecule has 208 valence electrons. The quantitative estimate of drug-likeness (QED) is 0.145. The molecule has 0 aliphatic heterocycles. The second kappa shape index (κ2) is 11.9. The van der Waals surface area contributed by atoms with Gasteiger partial charge in [-0.05, 0) is 68.2 Å². The first-order valence-electron chi connectivity index (χ1n) is 13.5. The number of nitro benzene ring substituents is 1. The van der Waals surface area contributed by atoms with Gasteiger partial charge >= 0.3 is 0 Å². The Morgan fingerprint density at radius 1 is 0.975 bits per heavy atom. The monoisotopic (exact) mass is 535 g/mol. The van der Waals surface area contributed by atoms with E-state index in [0.717, 1.165) is 27.1 Å². The summed E-state index contributed by atoms with van der Waals surface area (Å²) in [5.74, 6) is 0. The Kier molecular flexibility index (Phi) is 8.99. The molecule has 0 bridgehead atoms. The van der Waals surface area contributed by atoms with Gasteiger partial charge in [0.1, 0.15) is 0 Å². The molecule has 0 fully saturated rings. The Morgan fingerprint density at radius 2 is 1.57 bits per heavy atom. The molecule has 0 heterocycles. The number of allylic oxidation sites excluding steroid dienone is 3. The van der Waals surface area contributed by atoms with Crippen LogP contribution < -0.4 is 16.2 Å². The van der Waals surface area contributed by atoms with Gasteiger partial charge in [0.15, 0.2) is 0 Å². The van der Waals surface area contributed by atoms with E-state index in [4.69, 9.17) is 11.1 Å². The van der Waals surface area contributed by atoms with E-state index in [0.29, 0.717) is 23.4 Å². The fraction of sp³-hybridized carbons (Fsp3) is 0.286. The van der Waals surface area contributed by atoms with Crippen molar-refractivity contribution >= 4 is 35.3 Å². The summed E-state index contributed by atoms with van der Waals surface area (Å²) in [7, 11) is 0. The summed E-state index contributed by atoms with van der Waals surface area (Å²) in [4.78, 5) is 11.0. The van der Waals surface area contributed by atoms with Gasteiger partial charge in [0, 0.05) is 35.5 Å². The lowest BCUT2D eigenvalue weighted by Crippen LogP contribution is -2.23. The highest BCUT2D eigenvalue weighted by Crippen LogP contribution is 2.34. The van der Waals surface area contributed by atoms with Crippen molar-refractivity contribution in [3.05, 3.63) is 121 Å². The van der Waals surface area contributed by atoms with Crippen LogP contribution in [0.25, 0.3) is 23.9 Å². The summed E-state index contributed by atoms with van der Waals surface area (Å²) in [5.41, 5.74) is 13.1. The van der Waals surface area contributed by atoms with Crippen molar-refractivity contribution in [3.8, 4) is 0 Å². The summed E-state index contributed by atoms with van der Waals surface area (Å²) in [5, 5.41) is 21.9. The third kappa shape index (κ3) is 7.66. The van der Waals surface area contributed by atoms with Crippen LogP contribution in [0.1, 0.15) is 75.8 Å². The van der Waals surface area contributed by atoms with E-state index in [2.05, 4.69) is 66.3 Å². The van der Waals surface area contributed by atoms with Crippen molar-refractivity contribution in [3.63, 3.8) is 0 Å².